The van der Waals surface area contributed by atoms with Gasteiger partial charge in [-0.25, -0.2) is 0 Å². The normalized spacial score (nSPS) is 12.4. The minimum Gasteiger partial charge on any atom is -0.492 e. The summed E-state index contributed by atoms with van der Waals surface area (Å²) in [6, 6.07) is 11.5. The molecule has 5 heteroatoms. The number of ether oxygens (including phenoxy) is 3. The second-order valence-electron chi connectivity index (χ2n) is 6.42. The van der Waals surface area contributed by atoms with Crippen molar-refractivity contribution >= 4 is 5.91 Å². The third-order valence-electron chi connectivity index (χ3n) is 4.53. The number of nitrogens with one attached hydrogen (secondary N) is 1. The highest BCUT2D eigenvalue weighted by atomic mass is 16.5. The number of fused-ring (bicyclic) bond motifs is 1. The summed E-state index contributed by atoms with van der Waals surface area (Å²) < 4.78 is 16.9. The van der Waals surface area contributed by atoms with E-state index in [0.29, 0.717) is 43.4 Å². The molecule has 0 heterocycles. The van der Waals surface area contributed by atoms with Crippen LogP contribution in [0.1, 0.15) is 41.8 Å². The summed E-state index contributed by atoms with van der Waals surface area (Å²) in [6.45, 7) is 5.74. The maximum atomic E-state index is 12.4. The predicted molar refractivity (Wildman–Crippen MR) is 105 cm³/mol. The number of hydrogen-bond acceptors (Lipinski definition) is 4. The minimum atomic E-state index is -0.156. The van der Waals surface area contributed by atoms with Crippen molar-refractivity contribution in [3.63, 3.8) is 0 Å². The Morgan fingerprint density at radius 2 is 1.70 bits per heavy atom. The standard InChI is InChI=1S/C22H27NO4/c1-3-25-20-11-9-18(15-21(20)26-4-2)22(24)23-12-13-27-19-10-8-16-6-5-7-17(16)14-19/h8-11,14-15H,3-7,12-13H2,1-2H3,(H,23,24). The van der Waals surface area contributed by atoms with E-state index in [-0.39, 0.29) is 5.91 Å². The van der Waals surface area contributed by atoms with Crippen LogP contribution in [0.15, 0.2) is 36.4 Å². The van der Waals surface area contributed by atoms with Crippen LogP contribution in [0.25, 0.3) is 0 Å². The van der Waals surface area contributed by atoms with Gasteiger partial charge in [-0.1, -0.05) is 6.07 Å². The summed E-state index contributed by atoms with van der Waals surface area (Å²) in [5, 5.41) is 2.88. The van der Waals surface area contributed by atoms with Gasteiger partial charge in [-0.15, -0.1) is 0 Å². The highest BCUT2D eigenvalue weighted by molar-refractivity contribution is 5.94. The number of benzene rings is 2. The molecule has 1 aliphatic carbocycles. The molecule has 144 valence electrons. The molecule has 0 unspecified atom stereocenters. The Kier molecular flexibility index (Phi) is 6.58. The molecule has 0 saturated heterocycles. The predicted octanol–water partition coefficient (Wildman–Crippen LogP) is 3.78. The Morgan fingerprint density at radius 3 is 2.52 bits per heavy atom. The molecular formula is C22H27NO4. The lowest BCUT2D eigenvalue weighted by molar-refractivity contribution is 0.0946. The summed E-state index contributed by atoms with van der Waals surface area (Å²) in [7, 11) is 0. The number of amides is 1. The number of carbonyl (C=O) groups is 1. The second kappa shape index (κ2) is 9.31. The van der Waals surface area contributed by atoms with E-state index in [0.717, 1.165) is 18.6 Å². The first kappa shape index (κ1) is 19.1. The number of rotatable bonds is 9. The first-order chi connectivity index (χ1) is 13.2. The van der Waals surface area contributed by atoms with Gasteiger partial charge < -0.3 is 19.5 Å². The smallest absolute Gasteiger partial charge is 0.251 e. The average Bonchev–Trinajstić information content (AvgIpc) is 3.14. The molecule has 0 aliphatic heterocycles. The Hall–Kier alpha value is -2.69. The number of hydrogen-bond donors (Lipinski definition) is 1. The topological polar surface area (TPSA) is 56.8 Å². The minimum absolute atomic E-state index is 0.156. The molecule has 27 heavy (non-hydrogen) atoms. The van der Waals surface area contributed by atoms with E-state index in [9.17, 15) is 4.79 Å². The molecule has 1 N–H and O–H groups in total. The third kappa shape index (κ3) is 4.94. The van der Waals surface area contributed by atoms with Crippen LogP contribution in [0.4, 0.5) is 0 Å². The van der Waals surface area contributed by atoms with E-state index in [2.05, 4.69) is 17.4 Å². The van der Waals surface area contributed by atoms with Crippen LogP contribution < -0.4 is 19.5 Å². The van der Waals surface area contributed by atoms with E-state index in [1.807, 2.05) is 19.9 Å². The average molecular weight is 369 g/mol. The fourth-order valence-corrected chi connectivity index (χ4v) is 3.27. The van der Waals surface area contributed by atoms with E-state index in [1.165, 1.54) is 17.5 Å². The van der Waals surface area contributed by atoms with E-state index in [4.69, 9.17) is 14.2 Å². The fraction of sp³-hybridized carbons (Fsp3) is 0.409. The Morgan fingerprint density at radius 1 is 0.926 bits per heavy atom. The molecule has 0 saturated carbocycles. The molecule has 2 aromatic carbocycles. The first-order valence-corrected chi connectivity index (χ1v) is 9.63. The van der Waals surface area contributed by atoms with Crippen molar-refractivity contribution < 1.29 is 19.0 Å². The van der Waals surface area contributed by atoms with Gasteiger partial charge in [-0.3, -0.25) is 4.79 Å². The van der Waals surface area contributed by atoms with Crippen LogP contribution in [0, 0.1) is 0 Å². The Bertz CT molecular complexity index is 788. The quantitative estimate of drug-likeness (QED) is 0.684. The first-order valence-electron chi connectivity index (χ1n) is 9.63. The number of aryl methyl sites for hydroxylation is 2. The van der Waals surface area contributed by atoms with Crippen LogP contribution in [0.2, 0.25) is 0 Å². The number of carbonyl (C=O) groups excluding carboxylic acids is 1. The third-order valence-corrected chi connectivity index (χ3v) is 4.53. The monoisotopic (exact) mass is 369 g/mol. The zero-order valence-electron chi connectivity index (χ0n) is 16.0. The van der Waals surface area contributed by atoms with Gasteiger partial charge in [-0.05, 0) is 74.6 Å². The lowest BCUT2D eigenvalue weighted by Gasteiger charge is -2.13. The highest BCUT2D eigenvalue weighted by Gasteiger charge is 2.12. The van der Waals surface area contributed by atoms with Crippen LogP contribution in [-0.2, 0) is 12.8 Å². The van der Waals surface area contributed by atoms with Crippen LogP contribution in [0.5, 0.6) is 17.2 Å². The van der Waals surface area contributed by atoms with Gasteiger partial charge in [0, 0.05) is 5.56 Å². The molecular weight excluding hydrogens is 342 g/mol. The Labute approximate surface area is 160 Å². The van der Waals surface area contributed by atoms with Crippen molar-refractivity contribution in [3.8, 4) is 17.2 Å². The van der Waals surface area contributed by atoms with Gasteiger partial charge in [-0.2, -0.15) is 0 Å². The van der Waals surface area contributed by atoms with Crippen molar-refractivity contribution in [1.82, 2.24) is 5.32 Å². The Balaban J connectivity index is 1.51. The van der Waals surface area contributed by atoms with E-state index < -0.39 is 0 Å². The summed E-state index contributed by atoms with van der Waals surface area (Å²) in [5.74, 6) is 1.94. The lowest BCUT2D eigenvalue weighted by atomic mass is 10.1. The van der Waals surface area contributed by atoms with Crippen molar-refractivity contribution in [2.75, 3.05) is 26.4 Å². The second-order valence-corrected chi connectivity index (χ2v) is 6.42. The summed E-state index contributed by atoms with van der Waals surface area (Å²) in [6.07, 6.45) is 3.52. The molecule has 3 rings (SSSR count). The van der Waals surface area contributed by atoms with Gasteiger partial charge >= 0.3 is 0 Å². The molecule has 0 bridgehead atoms. The molecule has 0 atom stereocenters. The zero-order valence-corrected chi connectivity index (χ0v) is 16.0. The summed E-state index contributed by atoms with van der Waals surface area (Å²) >= 11 is 0. The van der Waals surface area contributed by atoms with Gasteiger partial charge in [0.2, 0.25) is 0 Å². The van der Waals surface area contributed by atoms with Gasteiger partial charge in [0.25, 0.3) is 5.91 Å². The van der Waals surface area contributed by atoms with Crippen LogP contribution in [0.3, 0.4) is 0 Å². The van der Waals surface area contributed by atoms with Gasteiger partial charge in [0.05, 0.1) is 19.8 Å². The molecule has 1 aliphatic rings. The fourth-order valence-electron chi connectivity index (χ4n) is 3.27. The maximum Gasteiger partial charge on any atom is 0.251 e. The van der Waals surface area contributed by atoms with Crippen molar-refractivity contribution in [1.29, 1.82) is 0 Å². The molecule has 0 spiro atoms. The molecule has 0 fully saturated rings. The maximum absolute atomic E-state index is 12.4. The molecule has 1 amide bonds. The van der Waals surface area contributed by atoms with E-state index >= 15 is 0 Å². The van der Waals surface area contributed by atoms with Crippen molar-refractivity contribution in [3.05, 3.63) is 53.1 Å². The molecule has 0 radical (unpaired) electrons. The van der Waals surface area contributed by atoms with Crippen LogP contribution in [-0.4, -0.2) is 32.3 Å². The largest absolute Gasteiger partial charge is 0.492 e. The lowest BCUT2D eigenvalue weighted by Crippen LogP contribution is -2.28. The van der Waals surface area contributed by atoms with Gasteiger partial charge in [0.15, 0.2) is 11.5 Å². The molecule has 0 aromatic heterocycles. The summed E-state index contributed by atoms with van der Waals surface area (Å²) in [5.41, 5.74) is 3.35. The molecule has 5 nitrogen and oxygen atoms in total. The molecule has 2 aromatic rings. The van der Waals surface area contributed by atoms with Gasteiger partial charge in [0.1, 0.15) is 12.4 Å². The SMILES string of the molecule is CCOc1ccc(C(=O)NCCOc2ccc3c(c2)CCC3)cc1OCC. The highest BCUT2D eigenvalue weighted by Crippen LogP contribution is 2.28. The van der Waals surface area contributed by atoms with E-state index in [1.54, 1.807) is 18.2 Å². The zero-order chi connectivity index (χ0) is 19.1. The van der Waals surface area contributed by atoms with Crippen molar-refractivity contribution in [2.24, 2.45) is 0 Å². The summed E-state index contributed by atoms with van der Waals surface area (Å²) in [4.78, 5) is 12.4. The van der Waals surface area contributed by atoms with Crippen LogP contribution >= 0.6 is 0 Å². The van der Waals surface area contributed by atoms with Crippen molar-refractivity contribution in [2.45, 2.75) is 33.1 Å².